The quantitative estimate of drug-likeness (QED) is 0.554. The van der Waals surface area contributed by atoms with Gasteiger partial charge in [-0.05, 0) is 50.2 Å². The first-order valence-electron chi connectivity index (χ1n) is 8.91. The number of nitrogens with one attached hydrogen (secondary N) is 2. The fourth-order valence-corrected chi connectivity index (χ4v) is 5.12. The van der Waals surface area contributed by atoms with E-state index >= 15 is 0 Å². The van der Waals surface area contributed by atoms with Crippen molar-refractivity contribution in [2.24, 2.45) is 0 Å². The summed E-state index contributed by atoms with van der Waals surface area (Å²) < 4.78 is 8.13. The zero-order chi connectivity index (χ0) is 20.1. The lowest BCUT2D eigenvalue weighted by atomic mass is 9.89. The van der Waals surface area contributed by atoms with Crippen molar-refractivity contribution in [3.05, 3.63) is 52.0 Å². The minimum atomic E-state index is -0.285. The number of anilines is 2. The molecule has 0 atom stereocenters. The monoisotopic (exact) mass is 411 g/mol. The molecular weight excluding hydrogens is 390 g/mol. The lowest BCUT2D eigenvalue weighted by Crippen LogP contribution is -2.30. The lowest BCUT2D eigenvalue weighted by Gasteiger charge is -2.33. The van der Waals surface area contributed by atoms with E-state index in [2.05, 4.69) is 28.4 Å². The summed E-state index contributed by atoms with van der Waals surface area (Å²) in [5, 5.41) is 6.44. The Balaban J connectivity index is 1.87. The van der Waals surface area contributed by atoms with Gasteiger partial charge in [-0.1, -0.05) is 29.8 Å². The fourth-order valence-electron chi connectivity index (χ4n) is 3.47. The molecule has 0 spiro atoms. The second-order valence-electron chi connectivity index (χ2n) is 7.28. The molecule has 1 aromatic heterocycles. The standard InChI is InChI=1S/C21H21N3O2S2/c1-12(25)22-13-5-10-16-17(11-13)23-21(2,3)19-18(16)20(27)24(28-19)14-6-8-15(26-4)9-7-14/h5-11,23H,1-4H3,(H,22,25). The number of nitrogens with zero attached hydrogens (tertiary/aromatic N) is 1. The highest BCUT2D eigenvalue weighted by Gasteiger charge is 2.34. The average Bonchev–Trinajstić information content (AvgIpc) is 2.99. The van der Waals surface area contributed by atoms with Gasteiger partial charge in [-0.2, -0.15) is 0 Å². The van der Waals surface area contributed by atoms with E-state index in [0.29, 0.717) is 0 Å². The summed E-state index contributed by atoms with van der Waals surface area (Å²) in [6.07, 6.45) is 0. The van der Waals surface area contributed by atoms with Gasteiger partial charge < -0.3 is 15.4 Å². The van der Waals surface area contributed by atoms with Crippen molar-refractivity contribution in [3.8, 4) is 22.6 Å². The average molecular weight is 412 g/mol. The third-order valence-corrected chi connectivity index (χ3v) is 6.71. The maximum absolute atomic E-state index is 11.4. The number of fused-ring (bicyclic) bond motifs is 3. The second kappa shape index (κ2) is 6.76. The number of rotatable bonds is 3. The van der Waals surface area contributed by atoms with E-state index in [1.54, 1.807) is 18.6 Å². The van der Waals surface area contributed by atoms with E-state index < -0.39 is 0 Å². The molecule has 3 aromatic rings. The van der Waals surface area contributed by atoms with Gasteiger partial charge in [0.15, 0.2) is 0 Å². The Kier molecular flexibility index (Phi) is 4.51. The van der Waals surface area contributed by atoms with Crippen LogP contribution in [0.3, 0.4) is 0 Å². The van der Waals surface area contributed by atoms with Gasteiger partial charge in [-0.25, -0.2) is 0 Å². The summed E-state index contributed by atoms with van der Waals surface area (Å²) in [6.45, 7) is 5.79. The summed E-state index contributed by atoms with van der Waals surface area (Å²) in [7, 11) is 1.66. The van der Waals surface area contributed by atoms with Crippen LogP contribution in [0.25, 0.3) is 16.8 Å². The van der Waals surface area contributed by atoms with E-state index in [-0.39, 0.29) is 11.4 Å². The molecule has 2 heterocycles. The van der Waals surface area contributed by atoms with Crippen LogP contribution >= 0.6 is 23.8 Å². The van der Waals surface area contributed by atoms with Crippen LogP contribution in [0.1, 0.15) is 25.6 Å². The van der Waals surface area contributed by atoms with Crippen molar-refractivity contribution < 1.29 is 9.53 Å². The number of amides is 1. The van der Waals surface area contributed by atoms with Crippen molar-refractivity contribution in [2.45, 2.75) is 26.3 Å². The molecule has 7 heteroatoms. The second-order valence-corrected chi connectivity index (χ2v) is 8.63. The normalized spacial score (nSPS) is 13.9. The topological polar surface area (TPSA) is 55.3 Å². The maximum atomic E-state index is 11.4. The fraction of sp³-hybridized carbons (Fsp3) is 0.238. The first-order valence-corrected chi connectivity index (χ1v) is 10.1. The molecular formula is C21H21N3O2S2. The van der Waals surface area contributed by atoms with Gasteiger partial charge in [-0.15, -0.1) is 0 Å². The predicted octanol–water partition coefficient (Wildman–Crippen LogP) is 5.56. The highest BCUT2D eigenvalue weighted by molar-refractivity contribution is 7.71. The van der Waals surface area contributed by atoms with Crippen molar-refractivity contribution in [1.82, 2.24) is 3.96 Å². The van der Waals surface area contributed by atoms with Crippen LogP contribution < -0.4 is 15.4 Å². The number of benzene rings is 2. The minimum Gasteiger partial charge on any atom is -0.497 e. The van der Waals surface area contributed by atoms with E-state index in [1.165, 1.54) is 11.8 Å². The van der Waals surface area contributed by atoms with Crippen molar-refractivity contribution >= 4 is 41.0 Å². The summed E-state index contributed by atoms with van der Waals surface area (Å²) >= 11 is 7.53. The molecule has 0 saturated heterocycles. The Morgan fingerprint density at radius 3 is 2.57 bits per heavy atom. The van der Waals surface area contributed by atoms with Gasteiger partial charge in [0.05, 0.1) is 23.2 Å². The Morgan fingerprint density at radius 1 is 1.21 bits per heavy atom. The van der Waals surface area contributed by atoms with Gasteiger partial charge in [0.2, 0.25) is 5.91 Å². The van der Waals surface area contributed by atoms with E-state index in [9.17, 15) is 4.79 Å². The van der Waals surface area contributed by atoms with Gasteiger partial charge in [-0.3, -0.25) is 8.75 Å². The zero-order valence-electron chi connectivity index (χ0n) is 16.1. The number of hydrogen-bond acceptors (Lipinski definition) is 5. The molecule has 5 nitrogen and oxygen atoms in total. The molecule has 1 aliphatic rings. The van der Waals surface area contributed by atoms with Crippen LogP contribution in [0.5, 0.6) is 5.75 Å². The molecule has 0 radical (unpaired) electrons. The van der Waals surface area contributed by atoms with Crippen LogP contribution in [0, 0.1) is 4.64 Å². The van der Waals surface area contributed by atoms with Crippen molar-refractivity contribution in [3.63, 3.8) is 0 Å². The minimum absolute atomic E-state index is 0.0902. The first kappa shape index (κ1) is 18.7. The van der Waals surface area contributed by atoms with E-state index in [0.717, 1.165) is 38.6 Å². The number of hydrogen-bond donors (Lipinski definition) is 2. The van der Waals surface area contributed by atoms with Gasteiger partial charge in [0.1, 0.15) is 10.4 Å². The third-order valence-electron chi connectivity index (χ3n) is 4.74. The van der Waals surface area contributed by atoms with Crippen LogP contribution in [0.2, 0.25) is 0 Å². The van der Waals surface area contributed by atoms with Gasteiger partial charge >= 0.3 is 0 Å². The van der Waals surface area contributed by atoms with Crippen molar-refractivity contribution in [1.29, 1.82) is 0 Å². The number of methoxy groups -OCH3 is 1. The smallest absolute Gasteiger partial charge is 0.221 e. The number of ether oxygens (including phenoxy) is 1. The molecule has 0 saturated carbocycles. The predicted molar refractivity (Wildman–Crippen MR) is 117 cm³/mol. The Morgan fingerprint density at radius 2 is 1.93 bits per heavy atom. The molecule has 1 aliphatic heterocycles. The lowest BCUT2D eigenvalue weighted by molar-refractivity contribution is -0.114. The molecule has 4 rings (SSSR count). The molecule has 28 heavy (non-hydrogen) atoms. The summed E-state index contributed by atoms with van der Waals surface area (Å²) in [4.78, 5) is 12.6. The highest BCUT2D eigenvalue weighted by atomic mass is 32.1. The Hall–Kier alpha value is -2.64. The van der Waals surface area contributed by atoms with Crippen LogP contribution in [-0.2, 0) is 10.3 Å². The van der Waals surface area contributed by atoms with E-state index in [1.807, 2.05) is 42.5 Å². The zero-order valence-corrected chi connectivity index (χ0v) is 17.8. The summed E-state index contributed by atoms with van der Waals surface area (Å²) in [5.74, 6) is 0.724. The molecule has 2 N–H and O–H groups in total. The van der Waals surface area contributed by atoms with E-state index in [4.69, 9.17) is 17.0 Å². The van der Waals surface area contributed by atoms with Crippen LogP contribution in [-0.4, -0.2) is 17.0 Å². The van der Waals surface area contributed by atoms with Gasteiger partial charge in [0, 0.05) is 29.4 Å². The van der Waals surface area contributed by atoms with Crippen LogP contribution in [0.15, 0.2) is 42.5 Å². The summed E-state index contributed by atoms with van der Waals surface area (Å²) in [6, 6.07) is 13.8. The molecule has 0 aliphatic carbocycles. The first-order chi connectivity index (χ1) is 13.3. The molecule has 2 aromatic carbocycles. The molecule has 0 bridgehead atoms. The van der Waals surface area contributed by atoms with Crippen LogP contribution in [0.4, 0.5) is 11.4 Å². The number of aromatic nitrogens is 1. The molecule has 1 amide bonds. The Bertz CT molecular complexity index is 1130. The van der Waals surface area contributed by atoms with Crippen molar-refractivity contribution in [2.75, 3.05) is 17.7 Å². The maximum Gasteiger partial charge on any atom is 0.221 e. The largest absolute Gasteiger partial charge is 0.497 e. The van der Waals surface area contributed by atoms with Gasteiger partial charge in [0.25, 0.3) is 0 Å². The Labute approximate surface area is 173 Å². The molecule has 0 unspecified atom stereocenters. The highest BCUT2D eigenvalue weighted by Crippen LogP contribution is 2.48. The number of carbonyl (C=O) groups is 1. The SMILES string of the molecule is COc1ccc(-n2sc3c(c2=S)-c2ccc(NC(C)=O)cc2NC3(C)C)cc1. The molecule has 144 valence electrons. The molecule has 0 fully saturated rings. The third kappa shape index (κ3) is 3.10. The number of carbonyl (C=O) groups excluding carboxylic acids is 1. The summed E-state index contributed by atoms with van der Waals surface area (Å²) in [5.41, 5.74) is 4.59.